The van der Waals surface area contributed by atoms with Gasteiger partial charge in [0.2, 0.25) is 0 Å². The van der Waals surface area contributed by atoms with Gasteiger partial charge in [-0.25, -0.2) is 0 Å². The first-order chi connectivity index (χ1) is 8.88. The van der Waals surface area contributed by atoms with Gasteiger partial charge in [0.1, 0.15) is 5.76 Å². The number of pyridine rings is 1. The van der Waals surface area contributed by atoms with Gasteiger partial charge in [-0.05, 0) is 42.9 Å². The Balaban J connectivity index is 2.07. The maximum Gasteiger partial charge on any atom is 0.125 e. The van der Waals surface area contributed by atoms with Crippen molar-refractivity contribution in [1.82, 2.24) is 10.3 Å². The van der Waals surface area contributed by atoms with E-state index in [0.717, 1.165) is 16.7 Å². The van der Waals surface area contributed by atoms with E-state index in [-0.39, 0.29) is 6.04 Å². The molecular weight excluding hydrogens is 224 g/mol. The smallest absolute Gasteiger partial charge is 0.125 e. The molecular formula is C15H14N2O. The lowest BCUT2D eigenvalue weighted by Gasteiger charge is -2.14. The van der Waals surface area contributed by atoms with Gasteiger partial charge in [-0.3, -0.25) is 4.98 Å². The van der Waals surface area contributed by atoms with Crippen LogP contribution in [0.25, 0.3) is 10.9 Å². The van der Waals surface area contributed by atoms with Crippen molar-refractivity contribution in [2.75, 3.05) is 7.05 Å². The van der Waals surface area contributed by atoms with Crippen molar-refractivity contribution in [3.63, 3.8) is 0 Å². The molecule has 3 aromatic rings. The minimum Gasteiger partial charge on any atom is -0.467 e. The fourth-order valence-corrected chi connectivity index (χ4v) is 2.20. The van der Waals surface area contributed by atoms with E-state index in [2.05, 4.69) is 28.5 Å². The molecule has 1 N–H and O–H groups in total. The molecule has 1 aromatic carbocycles. The van der Waals surface area contributed by atoms with Crippen molar-refractivity contribution in [2.45, 2.75) is 6.04 Å². The first kappa shape index (κ1) is 11.0. The zero-order valence-electron chi connectivity index (χ0n) is 10.1. The molecule has 3 rings (SSSR count). The van der Waals surface area contributed by atoms with Gasteiger partial charge < -0.3 is 9.73 Å². The Bertz CT molecular complexity index is 646. The van der Waals surface area contributed by atoms with Crippen molar-refractivity contribution in [1.29, 1.82) is 0 Å². The van der Waals surface area contributed by atoms with Crippen molar-refractivity contribution in [3.8, 4) is 0 Å². The highest BCUT2D eigenvalue weighted by Crippen LogP contribution is 2.24. The van der Waals surface area contributed by atoms with Gasteiger partial charge in [-0.1, -0.05) is 12.1 Å². The van der Waals surface area contributed by atoms with Crippen LogP contribution < -0.4 is 5.32 Å². The summed E-state index contributed by atoms with van der Waals surface area (Å²) in [4.78, 5) is 4.33. The third-order valence-corrected chi connectivity index (χ3v) is 3.08. The van der Waals surface area contributed by atoms with E-state index in [1.54, 1.807) is 6.26 Å². The van der Waals surface area contributed by atoms with Crippen molar-refractivity contribution in [3.05, 3.63) is 66.2 Å². The summed E-state index contributed by atoms with van der Waals surface area (Å²) in [5, 5.41) is 4.41. The van der Waals surface area contributed by atoms with Gasteiger partial charge in [-0.2, -0.15) is 0 Å². The predicted octanol–water partition coefficient (Wildman–Crippen LogP) is 3.14. The topological polar surface area (TPSA) is 38.1 Å². The van der Waals surface area contributed by atoms with Crippen LogP contribution in [-0.4, -0.2) is 12.0 Å². The number of fused-ring (bicyclic) bond motifs is 1. The number of furan rings is 1. The summed E-state index contributed by atoms with van der Waals surface area (Å²) < 4.78 is 5.47. The van der Waals surface area contributed by atoms with Crippen molar-refractivity contribution in [2.24, 2.45) is 0 Å². The third kappa shape index (κ3) is 1.89. The minimum absolute atomic E-state index is 0.0737. The Morgan fingerprint density at radius 2 is 2.11 bits per heavy atom. The Morgan fingerprint density at radius 3 is 2.89 bits per heavy atom. The van der Waals surface area contributed by atoms with Crippen molar-refractivity contribution >= 4 is 10.9 Å². The number of benzene rings is 1. The van der Waals surface area contributed by atoms with Crippen LogP contribution in [0.15, 0.2) is 59.3 Å². The fourth-order valence-electron chi connectivity index (χ4n) is 2.20. The Hall–Kier alpha value is -2.13. The molecule has 18 heavy (non-hydrogen) atoms. The standard InChI is InChI=1S/C15H14N2O/c1-16-15(14-5-3-9-18-14)12-6-7-13-11(10-12)4-2-8-17-13/h2-10,15-16H,1H3. The zero-order valence-corrected chi connectivity index (χ0v) is 10.1. The number of hydrogen-bond donors (Lipinski definition) is 1. The largest absolute Gasteiger partial charge is 0.467 e. The first-order valence-electron chi connectivity index (χ1n) is 5.94. The molecule has 0 radical (unpaired) electrons. The molecule has 0 spiro atoms. The number of rotatable bonds is 3. The predicted molar refractivity (Wildman–Crippen MR) is 71.4 cm³/mol. The fraction of sp³-hybridized carbons (Fsp3) is 0.133. The zero-order chi connectivity index (χ0) is 12.4. The number of aromatic nitrogens is 1. The van der Waals surface area contributed by atoms with Gasteiger partial charge >= 0.3 is 0 Å². The van der Waals surface area contributed by atoms with E-state index >= 15 is 0 Å². The van der Waals surface area contributed by atoms with Gasteiger partial charge in [0.05, 0.1) is 17.8 Å². The third-order valence-electron chi connectivity index (χ3n) is 3.08. The Morgan fingerprint density at radius 1 is 1.17 bits per heavy atom. The van der Waals surface area contributed by atoms with E-state index in [1.807, 2.05) is 37.5 Å². The average Bonchev–Trinajstić information content (AvgIpc) is 2.93. The maximum atomic E-state index is 5.47. The second-order valence-corrected chi connectivity index (χ2v) is 4.19. The van der Waals surface area contributed by atoms with Gasteiger partial charge in [0, 0.05) is 11.6 Å². The molecule has 0 fully saturated rings. The highest BCUT2D eigenvalue weighted by molar-refractivity contribution is 5.79. The number of nitrogens with one attached hydrogen (secondary N) is 1. The van der Waals surface area contributed by atoms with Crippen LogP contribution in [0.5, 0.6) is 0 Å². The SMILES string of the molecule is CNC(c1ccc2ncccc2c1)c1ccco1. The molecule has 90 valence electrons. The van der Waals surface area contributed by atoms with E-state index < -0.39 is 0 Å². The molecule has 0 aliphatic carbocycles. The lowest BCUT2D eigenvalue weighted by Crippen LogP contribution is -2.16. The monoisotopic (exact) mass is 238 g/mol. The summed E-state index contributed by atoms with van der Waals surface area (Å²) in [6.45, 7) is 0. The highest BCUT2D eigenvalue weighted by Gasteiger charge is 2.14. The number of hydrogen-bond acceptors (Lipinski definition) is 3. The molecule has 0 saturated carbocycles. The van der Waals surface area contributed by atoms with Gasteiger partial charge in [0.25, 0.3) is 0 Å². The van der Waals surface area contributed by atoms with Crippen LogP contribution in [0.2, 0.25) is 0 Å². The molecule has 0 saturated heterocycles. The van der Waals surface area contributed by atoms with E-state index in [0.29, 0.717) is 0 Å². The lowest BCUT2D eigenvalue weighted by molar-refractivity contribution is 0.463. The summed E-state index contributed by atoms with van der Waals surface area (Å²) >= 11 is 0. The quantitative estimate of drug-likeness (QED) is 0.761. The van der Waals surface area contributed by atoms with Crippen LogP contribution in [-0.2, 0) is 0 Å². The lowest BCUT2D eigenvalue weighted by atomic mass is 10.0. The Labute approximate surface area is 105 Å². The Kier molecular flexibility index (Phi) is 2.82. The highest BCUT2D eigenvalue weighted by atomic mass is 16.3. The normalized spacial score (nSPS) is 12.7. The minimum atomic E-state index is 0.0737. The van der Waals surface area contributed by atoms with Crippen LogP contribution in [0.1, 0.15) is 17.4 Å². The second-order valence-electron chi connectivity index (χ2n) is 4.19. The van der Waals surface area contributed by atoms with Crippen LogP contribution in [0, 0.1) is 0 Å². The van der Waals surface area contributed by atoms with E-state index in [1.165, 1.54) is 5.56 Å². The van der Waals surface area contributed by atoms with Crippen LogP contribution in [0.4, 0.5) is 0 Å². The summed E-state index contributed by atoms with van der Waals surface area (Å²) in [5.74, 6) is 0.917. The molecule has 2 aromatic heterocycles. The van der Waals surface area contributed by atoms with Crippen molar-refractivity contribution < 1.29 is 4.42 Å². The molecule has 3 heteroatoms. The molecule has 3 nitrogen and oxygen atoms in total. The summed E-state index contributed by atoms with van der Waals surface area (Å²) in [7, 11) is 1.93. The second kappa shape index (κ2) is 4.63. The molecule has 2 heterocycles. The van der Waals surface area contributed by atoms with Crippen LogP contribution in [0.3, 0.4) is 0 Å². The van der Waals surface area contributed by atoms with E-state index in [9.17, 15) is 0 Å². The molecule has 0 aliphatic heterocycles. The molecule has 1 unspecified atom stereocenters. The molecule has 1 atom stereocenters. The molecule has 0 aliphatic rings. The first-order valence-corrected chi connectivity index (χ1v) is 5.94. The average molecular weight is 238 g/mol. The summed E-state index contributed by atoms with van der Waals surface area (Å²) in [6, 6.07) is 14.2. The van der Waals surface area contributed by atoms with Gasteiger partial charge in [-0.15, -0.1) is 0 Å². The summed E-state index contributed by atoms with van der Waals surface area (Å²) in [5.41, 5.74) is 2.18. The molecule has 0 amide bonds. The van der Waals surface area contributed by atoms with Crippen LogP contribution >= 0.6 is 0 Å². The van der Waals surface area contributed by atoms with E-state index in [4.69, 9.17) is 4.42 Å². The van der Waals surface area contributed by atoms with Gasteiger partial charge in [0.15, 0.2) is 0 Å². The maximum absolute atomic E-state index is 5.47. The number of nitrogens with zero attached hydrogens (tertiary/aromatic N) is 1. The molecule has 0 bridgehead atoms. The summed E-state index contributed by atoms with van der Waals surface area (Å²) in [6.07, 6.45) is 3.51.